The smallest absolute Gasteiger partial charge is 0.228 e. The Morgan fingerprint density at radius 1 is 1.05 bits per heavy atom. The molecule has 19 heavy (non-hydrogen) atoms. The number of hydrogen-bond acceptors (Lipinski definition) is 4. The van der Waals surface area contributed by atoms with Gasteiger partial charge in [-0.05, 0) is 41.9 Å². The minimum Gasteiger partial charge on any atom is -0.490 e. The molecule has 0 aliphatic carbocycles. The van der Waals surface area contributed by atoms with Crippen molar-refractivity contribution < 1.29 is 18.7 Å². The Balaban J connectivity index is 1.93. The van der Waals surface area contributed by atoms with Gasteiger partial charge in [-0.15, -0.1) is 0 Å². The maximum Gasteiger partial charge on any atom is 0.228 e. The van der Waals surface area contributed by atoms with Crippen LogP contribution in [0.2, 0.25) is 5.22 Å². The molecule has 1 aromatic carbocycles. The van der Waals surface area contributed by atoms with E-state index in [9.17, 15) is 4.79 Å². The van der Waals surface area contributed by atoms with Crippen LogP contribution >= 0.6 is 11.6 Å². The molecule has 0 saturated carbocycles. The summed E-state index contributed by atoms with van der Waals surface area (Å²) in [5.74, 6) is 1.22. The number of carbonyl (C=O) groups is 1. The first-order valence-electron chi connectivity index (χ1n) is 5.94. The Labute approximate surface area is 114 Å². The predicted molar refractivity (Wildman–Crippen MR) is 69.2 cm³/mol. The highest BCUT2D eigenvalue weighted by Gasteiger charge is 2.17. The average molecular weight is 279 g/mol. The largest absolute Gasteiger partial charge is 0.490 e. The summed E-state index contributed by atoms with van der Waals surface area (Å²) in [7, 11) is 0. The summed E-state index contributed by atoms with van der Waals surface area (Å²) in [5.41, 5.74) is 0.482. The van der Waals surface area contributed by atoms with E-state index >= 15 is 0 Å². The van der Waals surface area contributed by atoms with Crippen molar-refractivity contribution in [3.63, 3.8) is 0 Å². The number of carbonyl (C=O) groups excluding carboxylic acids is 1. The summed E-state index contributed by atoms with van der Waals surface area (Å²) in [4.78, 5) is 12.2. The van der Waals surface area contributed by atoms with Crippen LogP contribution in [0.15, 0.2) is 34.7 Å². The van der Waals surface area contributed by atoms with Crippen LogP contribution in [0.5, 0.6) is 11.5 Å². The summed E-state index contributed by atoms with van der Waals surface area (Å²) in [5, 5.41) is 0.192. The molecule has 0 amide bonds. The molecule has 1 aromatic heterocycles. The Morgan fingerprint density at radius 2 is 1.84 bits per heavy atom. The highest BCUT2D eigenvalue weighted by Crippen LogP contribution is 2.31. The van der Waals surface area contributed by atoms with Crippen LogP contribution in [0, 0.1) is 0 Å². The third-order valence-corrected chi connectivity index (χ3v) is 3.01. The van der Waals surface area contributed by atoms with E-state index in [0.29, 0.717) is 30.3 Å². The van der Waals surface area contributed by atoms with Gasteiger partial charge in [0.15, 0.2) is 22.5 Å². The summed E-state index contributed by atoms with van der Waals surface area (Å²) < 4.78 is 16.2. The average Bonchev–Trinajstić information content (AvgIpc) is 2.72. The van der Waals surface area contributed by atoms with Crippen LogP contribution in [0.4, 0.5) is 0 Å². The highest BCUT2D eigenvalue weighted by atomic mass is 35.5. The van der Waals surface area contributed by atoms with Crippen molar-refractivity contribution in [1.29, 1.82) is 0 Å². The first-order chi connectivity index (χ1) is 9.24. The molecule has 0 N–H and O–H groups in total. The van der Waals surface area contributed by atoms with Crippen molar-refractivity contribution in [3.05, 3.63) is 46.9 Å². The van der Waals surface area contributed by atoms with Crippen LogP contribution in [-0.4, -0.2) is 19.0 Å². The Kier molecular flexibility index (Phi) is 3.17. The Bertz CT molecular complexity index is 618. The van der Waals surface area contributed by atoms with E-state index in [1.807, 2.05) is 0 Å². The summed E-state index contributed by atoms with van der Waals surface area (Å²) in [6.07, 6.45) is 0.825. The topological polar surface area (TPSA) is 48.7 Å². The third kappa shape index (κ3) is 2.44. The Morgan fingerprint density at radius 3 is 2.58 bits per heavy atom. The van der Waals surface area contributed by atoms with Gasteiger partial charge in [-0.2, -0.15) is 0 Å². The van der Waals surface area contributed by atoms with Crippen molar-refractivity contribution >= 4 is 17.4 Å². The molecule has 0 bridgehead atoms. The van der Waals surface area contributed by atoms with Crippen LogP contribution in [0.3, 0.4) is 0 Å². The molecule has 0 saturated heterocycles. The van der Waals surface area contributed by atoms with Crippen LogP contribution in [0.25, 0.3) is 0 Å². The molecule has 4 nitrogen and oxygen atoms in total. The number of benzene rings is 1. The molecule has 2 heterocycles. The molecule has 1 aliphatic heterocycles. The number of fused-ring (bicyclic) bond motifs is 1. The lowest BCUT2D eigenvalue weighted by Crippen LogP contribution is -2.01. The van der Waals surface area contributed by atoms with Crippen LogP contribution in [-0.2, 0) is 0 Å². The van der Waals surface area contributed by atoms with E-state index < -0.39 is 0 Å². The SMILES string of the molecule is O=C(c1ccc2c(c1)OCCCO2)c1ccc(Cl)o1. The van der Waals surface area contributed by atoms with Gasteiger partial charge in [-0.3, -0.25) is 4.79 Å². The number of halogens is 1. The van der Waals surface area contributed by atoms with Crippen molar-refractivity contribution in [2.45, 2.75) is 6.42 Å². The lowest BCUT2D eigenvalue weighted by atomic mass is 10.1. The maximum atomic E-state index is 12.2. The fourth-order valence-corrected chi connectivity index (χ4v) is 2.03. The molecular formula is C14H11ClO4. The van der Waals surface area contributed by atoms with Crippen LogP contribution < -0.4 is 9.47 Å². The van der Waals surface area contributed by atoms with Gasteiger partial charge in [-0.25, -0.2) is 0 Å². The molecule has 98 valence electrons. The molecule has 0 fully saturated rings. The fraction of sp³-hybridized carbons (Fsp3) is 0.214. The molecule has 0 radical (unpaired) electrons. The van der Waals surface area contributed by atoms with E-state index in [-0.39, 0.29) is 16.8 Å². The van der Waals surface area contributed by atoms with Crippen molar-refractivity contribution in [2.75, 3.05) is 13.2 Å². The van der Waals surface area contributed by atoms with Gasteiger partial charge in [0.2, 0.25) is 5.78 Å². The van der Waals surface area contributed by atoms with Gasteiger partial charge in [-0.1, -0.05) is 0 Å². The quantitative estimate of drug-likeness (QED) is 0.791. The molecule has 2 aromatic rings. The van der Waals surface area contributed by atoms with Gasteiger partial charge >= 0.3 is 0 Å². The Hall–Kier alpha value is -1.94. The first-order valence-corrected chi connectivity index (χ1v) is 6.31. The summed E-state index contributed by atoms with van der Waals surface area (Å²) in [6.45, 7) is 1.20. The van der Waals surface area contributed by atoms with E-state index in [0.717, 1.165) is 6.42 Å². The highest BCUT2D eigenvalue weighted by molar-refractivity contribution is 6.29. The van der Waals surface area contributed by atoms with Gasteiger partial charge < -0.3 is 13.9 Å². The van der Waals surface area contributed by atoms with Crippen molar-refractivity contribution in [3.8, 4) is 11.5 Å². The normalized spacial score (nSPS) is 13.9. The first kappa shape index (κ1) is 12.1. The molecule has 0 atom stereocenters. The van der Waals surface area contributed by atoms with E-state index in [1.54, 1.807) is 24.3 Å². The van der Waals surface area contributed by atoms with Gasteiger partial charge in [0.25, 0.3) is 0 Å². The van der Waals surface area contributed by atoms with Crippen molar-refractivity contribution in [2.24, 2.45) is 0 Å². The molecule has 5 heteroatoms. The lowest BCUT2D eigenvalue weighted by Gasteiger charge is -2.08. The number of ether oxygens (including phenoxy) is 2. The molecule has 0 spiro atoms. The minimum absolute atomic E-state index is 0.192. The third-order valence-electron chi connectivity index (χ3n) is 2.81. The van der Waals surface area contributed by atoms with Gasteiger partial charge in [0.05, 0.1) is 13.2 Å². The second-order valence-electron chi connectivity index (χ2n) is 4.14. The minimum atomic E-state index is -0.234. The number of hydrogen-bond donors (Lipinski definition) is 0. The molecule has 3 rings (SSSR count). The van der Waals surface area contributed by atoms with Crippen molar-refractivity contribution in [1.82, 2.24) is 0 Å². The zero-order chi connectivity index (χ0) is 13.2. The molecular weight excluding hydrogens is 268 g/mol. The lowest BCUT2D eigenvalue weighted by molar-refractivity contribution is 0.101. The zero-order valence-corrected chi connectivity index (χ0v) is 10.8. The van der Waals surface area contributed by atoms with Crippen LogP contribution in [0.1, 0.15) is 22.5 Å². The standard InChI is InChI=1S/C14H11ClO4/c15-13-5-4-11(19-13)14(16)9-2-3-10-12(8-9)18-7-1-6-17-10/h2-5,8H,1,6-7H2. The molecule has 1 aliphatic rings. The second kappa shape index (κ2) is 4.97. The maximum absolute atomic E-state index is 12.2. The van der Waals surface area contributed by atoms with E-state index in [4.69, 9.17) is 25.5 Å². The molecule has 0 unspecified atom stereocenters. The number of furan rings is 1. The monoisotopic (exact) mass is 278 g/mol. The predicted octanol–water partition coefficient (Wildman–Crippen LogP) is 3.33. The van der Waals surface area contributed by atoms with E-state index in [1.165, 1.54) is 6.07 Å². The van der Waals surface area contributed by atoms with Gasteiger partial charge in [0, 0.05) is 12.0 Å². The van der Waals surface area contributed by atoms with Gasteiger partial charge in [0.1, 0.15) is 0 Å². The fourth-order valence-electron chi connectivity index (χ4n) is 1.88. The van der Waals surface area contributed by atoms with E-state index in [2.05, 4.69) is 0 Å². The number of ketones is 1. The zero-order valence-electron chi connectivity index (χ0n) is 10.0. The summed E-state index contributed by atoms with van der Waals surface area (Å²) in [6, 6.07) is 8.18. The second-order valence-corrected chi connectivity index (χ2v) is 4.52. The number of rotatable bonds is 2. The summed E-state index contributed by atoms with van der Waals surface area (Å²) >= 11 is 5.67.